The number of aliphatic hydroxyl groups is 1. The average molecular weight is 1190 g/mol. The first-order valence-electron chi connectivity index (χ1n) is 26.8. The van der Waals surface area contributed by atoms with E-state index in [9.17, 15) is 92.0 Å². The second kappa shape index (κ2) is 32.7. The van der Waals surface area contributed by atoms with Crippen LogP contribution in [0.1, 0.15) is 126 Å². The monoisotopic (exact) mass is 1190 g/mol. The van der Waals surface area contributed by atoms with Crippen LogP contribution < -0.4 is 48.7 Å². The molecule has 0 saturated carbocycles. The number of carbonyl (C=O) groups is 13. The lowest BCUT2D eigenvalue weighted by atomic mass is 10.0. The Hall–Kier alpha value is -6.86. The Morgan fingerprint density at radius 2 is 1.04 bits per heavy atom. The molecule has 10 amide bonds. The number of amides is 10. The van der Waals surface area contributed by atoms with Crippen molar-refractivity contribution in [1.82, 2.24) is 47.0 Å². The number of nitrogens with one attached hydrogen (secondary N) is 7. The zero-order valence-corrected chi connectivity index (χ0v) is 48.1. The fraction of sp³-hybridized carbons (Fsp3) is 0.735. The van der Waals surface area contributed by atoms with Crippen LogP contribution in [-0.2, 0) is 71.4 Å². The van der Waals surface area contributed by atoms with Crippen molar-refractivity contribution in [3.63, 3.8) is 0 Å². The Morgan fingerprint density at radius 1 is 0.561 bits per heavy atom. The summed E-state index contributed by atoms with van der Waals surface area (Å²) < 4.78 is 17.0. The molecule has 0 bridgehead atoms. The predicted molar refractivity (Wildman–Crippen MR) is 284 cm³/mol. The fourth-order valence-corrected chi connectivity index (χ4v) is 9.70. The third-order valence-corrected chi connectivity index (χ3v) is 13.9. The topological polar surface area (TPSA) is 512 Å². The second-order valence-electron chi connectivity index (χ2n) is 21.6. The highest BCUT2D eigenvalue weighted by molar-refractivity contribution is 7.46. The number of aliphatic carboxylic acids is 3. The molecule has 82 heavy (non-hydrogen) atoms. The summed E-state index contributed by atoms with van der Waals surface area (Å²) in [7, 11) is -5.42. The maximum absolute atomic E-state index is 14.6. The standard InChI is InChI=1S/C49H82N11O21P/c1-22(2)19-29(53-43(70)32-11-9-17-59(32)47(74)28(14-15-34(51)62)52-40(67)27(50)13-16-35(63)64)42(69)58-39(26(8)81-82(78,79)80)48(75)60-18-10-12-33(60)44(71)56-37(24(5)6)45(72)57-38(25(7)61)46(73)54-30(21-36(65)66)41(68)55-31(49(76)77)20-23(3)4/h22-33,37-39,61H,9-21,50H2,1-8H3,(H2,51,62)(H,52,67)(H,53,70)(H,54,73)(H,55,68)(H,56,71)(H,57,72)(H,58,69)(H,63,64)(H,65,66)(H,76,77)(H2,78,79,80)/t25-,26+,27+,28+,29+,30+,31+,32+,33+,37+,38+,39+/m1/s1. The highest BCUT2D eigenvalue weighted by atomic mass is 31.2. The molecule has 0 aromatic rings. The van der Waals surface area contributed by atoms with Crippen molar-refractivity contribution in [2.75, 3.05) is 13.1 Å². The maximum atomic E-state index is 14.6. The van der Waals surface area contributed by atoms with E-state index in [4.69, 9.17) is 21.1 Å². The van der Waals surface area contributed by atoms with E-state index in [1.807, 2.05) is 0 Å². The molecule has 0 spiro atoms. The first kappa shape index (κ1) is 71.2. The number of nitrogens with zero attached hydrogens (tertiary/aromatic N) is 2. The predicted octanol–water partition coefficient (Wildman–Crippen LogP) is -3.99. The van der Waals surface area contributed by atoms with Crippen LogP contribution in [-0.4, -0.2) is 203 Å². The summed E-state index contributed by atoms with van der Waals surface area (Å²) in [5.74, 6) is -15.7. The van der Waals surface area contributed by atoms with E-state index >= 15 is 0 Å². The second-order valence-corrected chi connectivity index (χ2v) is 22.8. The SMILES string of the molecule is CC(C)C[C@H](NC(=O)[C@H](CC(=O)O)NC(=O)[C@@H](NC(=O)[C@@H](NC(=O)[C@@H]1CCCN1C(=O)[C@@H](NC(=O)[C@H](CC(C)C)NC(=O)[C@@H]1CCCN1C(=O)[C@H](CCC(N)=O)NC(=O)[C@@H](N)CCC(=O)O)[C@H](C)OP(=O)(O)O)C(C)C)[C@@H](C)O)C(=O)O. The first-order chi connectivity index (χ1) is 37.9. The minimum Gasteiger partial charge on any atom is -0.481 e. The summed E-state index contributed by atoms with van der Waals surface area (Å²) in [6.45, 7) is 11.6. The zero-order chi connectivity index (χ0) is 62.7. The van der Waals surface area contributed by atoms with Crippen molar-refractivity contribution in [3.05, 3.63) is 0 Å². The van der Waals surface area contributed by atoms with E-state index in [0.717, 1.165) is 23.6 Å². The molecule has 2 saturated heterocycles. The molecule has 0 aliphatic carbocycles. The van der Waals surface area contributed by atoms with Gasteiger partial charge in [-0.3, -0.25) is 62.1 Å². The molecule has 464 valence electrons. The van der Waals surface area contributed by atoms with Gasteiger partial charge in [-0.2, -0.15) is 0 Å². The third-order valence-electron chi connectivity index (χ3n) is 13.3. The summed E-state index contributed by atoms with van der Waals surface area (Å²) in [6, 6.07) is -15.8. The lowest BCUT2D eigenvalue weighted by molar-refractivity contribution is -0.145. The molecule has 0 aromatic carbocycles. The van der Waals surface area contributed by atoms with Gasteiger partial charge in [0, 0.05) is 25.9 Å². The van der Waals surface area contributed by atoms with Crippen LogP contribution in [0, 0.1) is 17.8 Å². The van der Waals surface area contributed by atoms with Gasteiger partial charge in [0.15, 0.2) is 0 Å². The van der Waals surface area contributed by atoms with Gasteiger partial charge in [-0.1, -0.05) is 41.5 Å². The van der Waals surface area contributed by atoms with Gasteiger partial charge in [0.25, 0.3) is 0 Å². The summed E-state index contributed by atoms with van der Waals surface area (Å²) >= 11 is 0. The van der Waals surface area contributed by atoms with Gasteiger partial charge in [0.2, 0.25) is 59.1 Å². The van der Waals surface area contributed by atoms with E-state index in [1.54, 1.807) is 27.7 Å². The third kappa shape index (κ3) is 23.2. The number of carboxylic acids is 3. The van der Waals surface area contributed by atoms with Gasteiger partial charge >= 0.3 is 25.7 Å². The average Bonchev–Trinajstić information content (AvgIpc) is 4.09. The number of aliphatic hydroxyl groups excluding tert-OH is 1. The highest BCUT2D eigenvalue weighted by Crippen LogP contribution is 2.38. The lowest BCUT2D eigenvalue weighted by Crippen LogP contribution is -2.63. The van der Waals surface area contributed by atoms with E-state index in [-0.39, 0.29) is 82.7 Å². The number of rotatable bonds is 34. The van der Waals surface area contributed by atoms with E-state index in [2.05, 4.69) is 37.2 Å². The van der Waals surface area contributed by atoms with Crippen LogP contribution in [0.5, 0.6) is 0 Å². The molecule has 2 fully saturated rings. The zero-order valence-electron chi connectivity index (χ0n) is 47.2. The van der Waals surface area contributed by atoms with Gasteiger partial charge in [0.05, 0.1) is 24.7 Å². The Balaban J connectivity index is 2.42. The number of primary amides is 1. The van der Waals surface area contributed by atoms with Gasteiger partial charge in [0.1, 0.15) is 54.4 Å². The summed E-state index contributed by atoms with van der Waals surface area (Å²) in [5, 5.41) is 55.2. The van der Waals surface area contributed by atoms with Crippen molar-refractivity contribution >= 4 is 84.8 Å². The number of carboxylic acid groups (broad SMARTS) is 3. The number of likely N-dealkylation sites (tertiary alicyclic amines) is 2. The Labute approximate surface area is 473 Å². The van der Waals surface area contributed by atoms with Crippen molar-refractivity contribution in [2.24, 2.45) is 29.2 Å². The minimum absolute atomic E-state index is 0.0255. The van der Waals surface area contributed by atoms with Gasteiger partial charge in [-0.25, -0.2) is 9.36 Å². The van der Waals surface area contributed by atoms with E-state index in [0.29, 0.717) is 0 Å². The van der Waals surface area contributed by atoms with Gasteiger partial charge < -0.3 is 88.7 Å². The molecule has 32 nitrogen and oxygen atoms in total. The molecule has 2 heterocycles. The normalized spacial score (nSPS) is 19.0. The number of phosphoric acid groups is 1. The number of phosphoric ester groups is 1. The van der Waals surface area contributed by atoms with Crippen LogP contribution in [0.2, 0.25) is 0 Å². The van der Waals surface area contributed by atoms with Crippen LogP contribution in [0.3, 0.4) is 0 Å². The molecular weight excluding hydrogens is 1110 g/mol. The number of hydrogen-bond donors (Lipinski definition) is 15. The number of carbonyl (C=O) groups excluding carboxylic acids is 10. The van der Waals surface area contributed by atoms with Crippen LogP contribution in [0.25, 0.3) is 0 Å². The van der Waals surface area contributed by atoms with E-state index in [1.165, 1.54) is 13.8 Å². The van der Waals surface area contributed by atoms with Crippen LogP contribution in [0.15, 0.2) is 0 Å². The molecule has 12 atom stereocenters. The van der Waals surface area contributed by atoms with Gasteiger partial charge in [-0.15, -0.1) is 0 Å². The molecule has 17 N–H and O–H groups in total. The van der Waals surface area contributed by atoms with Crippen molar-refractivity contribution in [1.29, 1.82) is 0 Å². The maximum Gasteiger partial charge on any atom is 0.469 e. The lowest BCUT2D eigenvalue weighted by Gasteiger charge is -2.34. The first-order valence-corrected chi connectivity index (χ1v) is 28.3. The number of nitrogens with two attached hydrogens (primary N) is 2. The molecule has 0 aromatic heterocycles. The largest absolute Gasteiger partial charge is 0.481 e. The van der Waals surface area contributed by atoms with Crippen molar-refractivity contribution in [3.8, 4) is 0 Å². The molecule has 2 rings (SSSR count). The molecular formula is C49H82N11O21P. The van der Waals surface area contributed by atoms with Crippen LogP contribution in [0.4, 0.5) is 0 Å². The quantitative estimate of drug-likeness (QED) is 0.0273. The van der Waals surface area contributed by atoms with E-state index < -0.39 is 176 Å². The minimum atomic E-state index is -5.42. The Kier molecular flexibility index (Phi) is 28.4. The Bertz CT molecular complexity index is 2390. The van der Waals surface area contributed by atoms with Crippen molar-refractivity contribution in [2.45, 2.75) is 199 Å². The van der Waals surface area contributed by atoms with Crippen LogP contribution >= 0.6 is 7.82 Å². The number of hydrogen-bond acceptors (Lipinski definition) is 17. The molecule has 33 heteroatoms. The fourth-order valence-electron chi connectivity index (χ4n) is 9.14. The molecule has 2 aliphatic heterocycles. The Morgan fingerprint density at radius 3 is 1.51 bits per heavy atom. The molecule has 0 radical (unpaired) electrons. The summed E-state index contributed by atoms with van der Waals surface area (Å²) in [5.41, 5.74) is 11.2. The molecule has 2 aliphatic rings. The van der Waals surface area contributed by atoms with Gasteiger partial charge in [-0.05, 0) is 83.0 Å². The van der Waals surface area contributed by atoms with Crippen molar-refractivity contribution < 1.29 is 102 Å². The molecule has 0 unspecified atom stereocenters. The smallest absolute Gasteiger partial charge is 0.469 e. The summed E-state index contributed by atoms with van der Waals surface area (Å²) in [4.78, 5) is 193. The summed E-state index contributed by atoms with van der Waals surface area (Å²) in [6.07, 6.45) is -5.83. The highest BCUT2D eigenvalue weighted by Gasteiger charge is 2.45.